The second-order valence-corrected chi connectivity index (χ2v) is 7.04. The second kappa shape index (κ2) is 4.57. The van der Waals surface area contributed by atoms with Crippen molar-refractivity contribution in [3.8, 4) is 0 Å². The van der Waals surface area contributed by atoms with E-state index in [2.05, 4.69) is 10.9 Å². The first-order chi connectivity index (χ1) is 7.88. The number of sulfone groups is 1. The highest BCUT2D eigenvalue weighted by atomic mass is 35.5. The summed E-state index contributed by atoms with van der Waals surface area (Å²) in [6.07, 6.45) is 1.77. The van der Waals surface area contributed by atoms with E-state index in [9.17, 15) is 8.42 Å². The molecule has 0 saturated carbocycles. The molecule has 0 spiro atoms. The predicted molar refractivity (Wildman–Crippen MR) is 68.5 cm³/mol. The van der Waals surface area contributed by atoms with E-state index in [-0.39, 0.29) is 6.04 Å². The quantitative estimate of drug-likeness (QED) is 0.859. The Morgan fingerprint density at radius 2 is 2.06 bits per heavy atom. The van der Waals surface area contributed by atoms with Crippen LogP contribution in [0.5, 0.6) is 0 Å². The SMILES string of the molecule is Cc1cc(C2CC(S(C)(=O)=O)NN2)ccc1Cl. The maximum Gasteiger partial charge on any atom is 0.164 e. The van der Waals surface area contributed by atoms with Crippen LogP contribution in [0.3, 0.4) is 0 Å². The minimum Gasteiger partial charge on any atom is -0.249 e. The fraction of sp³-hybridized carbons (Fsp3) is 0.455. The lowest BCUT2D eigenvalue weighted by Gasteiger charge is -2.11. The zero-order valence-electron chi connectivity index (χ0n) is 9.70. The molecule has 2 unspecified atom stereocenters. The standard InChI is InChI=1S/C11H15ClN2O2S/c1-7-5-8(3-4-9(7)12)10-6-11(14-13-10)17(2,15)16/h3-5,10-11,13-14H,6H2,1-2H3. The first-order valence-electron chi connectivity index (χ1n) is 5.34. The van der Waals surface area contributed by atoms with E-state index in [4.69, 9.17) is 11.6 Å². The van der Waals surface area contributed by atoms with Crippen molar-refractivity contribution in [2.45, 2.75) is 24.8 Å². The molecule has 2 N–H and O–H groups in total. The molecule has 0 amide bonds. The van der Waals surface area contributed by atoms with Crippen molar-refractivity contribution in [3.63, 3.8) is 0 Å². The van der Waals surface area contributed by atoms with Gasteiger partial charge in [-0.2, -0.15) is 0 Å². The molecule has 94 valence electrons. The maximum absolute atomic E-state index is 11.4. The van der Waals surface area contributed by atoms with Crippen LogP contribution in [0.15, 0.2) is 18.2 Å². The fourth-order valence-corrected chi connectivity index (χ4v) is 2.85. The molecule has 4 nitrogen and oxygen atoms in total. The van der Waals surface area contributed by atoms with Gasteiger partial charge in [-0.15, -0.1) is 0 Å². The number of rotatable bonds is 2. The van der Waals surface area contributed by atoms with Crippen molar-refractivity contribution in [2.75, 3.05) is 6.26 Å². The number of hydrogen-bond donors (Lipinski definition) is 2. The summed E-state index contributed by atoms with van der Waals surface area (Å²) in [5.74, 6) is 0. The summed E-state index contributed by atoms with van der Waals surface area (Å²) < 4.78 is 22.8. The number of halogens is 1. The first kappa shape index (κ1) is 12.8. The predicted octanol–water partition coefficient (Wildman–Crippen LogP) is 1.56. The summed E-state index contributed by atoms with van der Waals surface area (Å²) in [7, 11) is -3.06. The average molecular weight is 275 g/mol. The van der Waals surface area contributed by atoms with E-state index in [1.165, 1.54) is 6.26 Å². The number of hydrazine groups is 1. The molecule has 1 aromatic carbocycles. The Balaban J connectivity index is 2.18. The summed E-state index contributed by atoms with van der Waals surface area (Å²) in [4.78, 5) is 0. The minimum atomic E-state index is -3.06. The lowest BCUT2D eigenvalue weighted by atomic mass is 10.0. The molecule has 2 atom stereocenters. The molecule has 1 aromatic rings. The third-order valence-electron chi connectivity index (χ3n) is 2.97. The van der Waals surface area contributed by atoms with E-state index in [0.29, 0.717) is 6.42 Å². The van der Waals surface area contributed by atoms with E-state index in [1.54, 1.807) is 0 Å². The molecule has 0 radical (unpaired) electrons. The Morgan fingerprint density at radius 1 is 1.35 bits per heavy atom. The van der Waals surface area contributed by atoms with Crippen LogP contribution in [0.1, 0.15) is 23.6 Å². The second-order valence-electron chi connectivity index (χ2n) is 4.40. The Morgan fingerprint density at radius 3 is 2.59 bits per heavy atom. The zero-order valence-corrected chi connectivity index (χ0v) is 11.3. The highest BCUT2D eigenvalue weighted by Gasteiger charge is 2.31. The molecule has 1 aliphatic rings. The minimum absolute atomic E-state index is 0.00527. The van der Waals surface area contributed by atoms with Crippen LogP contribution in [-0.2, 0) is 9.84 Å². The number of nitrogens with one attached hydrogen (secondary N) is 2. The van der Waals surface area contributed by atoms with Crippen LogP contribution >= 0.6 is 11.6 Å². The third-order valence-corrected chi connectivity index (χ3v) is 4.74. The van der Waals surface area contributed by atoms with Crippen LogP contribution in [0.4, 0.5) is 0 Å². The monoisotopic (exact) mass is 274 g/mol. The zero-order chi connectivity index (χ0) is 12.6. The largest absolute Gasteiger partial charge is 0.249 e. The number of benzene rings is 1. The van der Waals surface area contributed by atoms with E-state index in [0.717, 1.165) is 16.1 Å². The van der Waals surface area contributed by atoms with Gasteiger partial charge in [-0.05, 0) is 30.5 Å². The Labute approximate surface area is 106 Å². The molecule has 1 heterocycles. The third kappa shape index (κ3) is 2.80. The molecule has 1 aliphatic heterocycles. The first-order valence-corrected chi connectivity index (χ1v) is 7.67. The fourth-order valence-electron chi connectivity index (χ4n) is 1.91. The lowest BCUT2D eigenvalue weighted by Crippen LogP contribution is -2.35. The topological polar surface area (TPSA) is 58.2 Å². The van der Waals surface area contributed by atoms with Gasteiger partial charge < -0.3 is 0 Å². The van der Waals surface area contributed by atoms with Gasteiger partial charge in [0.2, 0.25) is 0 Å². The molecule has 2 rings (SSSR count). The summed E-state index contributed by atoms with van der Waals surface area (Å²) in [6, 6.07) is 5.73. The van der Waals surface area contributed by atoms with Crippen LogP contribution in [0, 0.1) is 6.92 Å². The van der Waals surface area contributed by atoms with Crippen molar-refractivity contribution in [3.05, 3.63) is 34.3 Å². The number of hydrogen-bond acceptors (Lipinski definition) is 4. The van der Waals surface area contributed by atoms with Crippen LogP contribution in [-0.4, -0.2) is 20.0 Å². The van der Waals surface area contributed by atoms with Crippen molar-refractivity contribution in [1.29, 1.82) is 0 Å². The molecule has 1 fully saturated rings. The van der Waals surface area contributed by atoms with Gasteiger partial charge in [0.1, 0.15) is 5.37 Å². The van der Waals surface area contributed by atoms with Crippen LogP contribution < -0.4 is 10.9 Å². The maximum atomic E-state index is 11.4. The van der Waals surface area contributed by atoms with Gasteiger partial charge in [0, 0.05) is 17.3 Å². The van der Waals surface area contributed by atoms with E-state index in [1.807, 2.05) is 25.1 Å². The van der Waals surface area contributed by atoms with Gasteiger partial charge in [-0.1, -0.05) is 23.7 Å². The Kier molecular flexibility index (Phi) is 3.45. The molecular weight excluding hydrogens is 260 g/mol. The summed E-state index contributed by atoms with van der Waals surface area (Å²) >= 11 is 5.96. The van der Waals surface area contributed by atoms with Crippen molar-refractivity contribution >= 4 is 21.4 Å². The van der Waals surface area contributed by atoms with Gasteiger partial charge in [0.25, 0.3) is 0 Å². The van der Waals surface area contributed by atoms with Gasteiger partial charge in [-0.3, -0.25) is 0 Å². The van der Waals surface area contributed by atoms with Crippen molar-refractivity contribution in [2.24, 2.45) is 0 Å². The van der Waals surface area contributed by atoms with E-state index < -0.39 is 15.2 Å². The van der Waals surface area contributed by atoms with Crippen LogP contribution in [0.2, 0.25) is 5.02 Å². The van der Waals surface area contributed by atoms with E-state index >= 15 is 0 Å². The summed E-state index contributed by atoms with van der Waals surface area (Å²) in [5, 5.41) is 0.197. The van der Waals surface area contributed by atoms with Crippen molar-refractivity contribution < 1.29 is 8.42 Å². The summed E-state index contributed by atoms with van der Waals surface area (Å²) in [5.41, 5.74) is 7.85. The van der Waals surface area contributed by atoms with Gasteiger partial charge >= 0.3 is 0 Å². The van der Waals surface area contributed by atoms with Crippen molar-refractivity contribution in [1.82, 2.24) is 10.9 Å². The van der Waals surface area contributed by atoms with Crippen LogP contribution in [0.25, 0.3) is 0 Å². The highest BCUT2D eigenvalue weighted by Crippen LogP contribution is 2.27. The molecule has 17 heavy (non-hydrogen) atoms. The van der Waals surface area contributed by atoms with Gasteiger partial charge in [-0.25, -0.2) is 19.3 Å². The molecule has 0 aliphatic carbocycles. The normalized spacial score (nSPS) is 25.1. The molecule has 1 saturated heterocycles. The Hall–Kier alpha value is -0.620. The lowest BCUT2D eigenvalue weighted by molar-refractivity contribution is 0.557. The number of aryl methyl sites for hydroxylation is 1. The average Bonchev–Trinajstić information content (AvgIpc) is 2.70. The van der Waals surface area contributed by atoms with Gasteiger partial charge in [0.05, 0.1) is 0 Å². The molecule has 6 heteroatoms. The highest BCUT2D eigenvalue weighted by molar-refractivity contribution is 7.91. The summed E-state index contributed by atoms with van der Waals surface area (Å²) in [6.45, 7) is 1.93. The van der Waals surface area contributed by atoms with Gasteiger partial charge in [0.15, 0.2) is 9.84 Å². The molecule has 0 bridgehead atoms. The Bertz CT molecular complexity index is 530. The smallest absolute Gasteiger partial charge is 0.164 e. The molecular formula is C11H15ClN2O2S. The molecule has 0 aromatic heterocycles.